The lowest BCUT2D eigenvalue weighted by molar-refractivity contribution is -0.127. The van der Waals surface area contributed by atoms with Gasteiger partial charge in [-0.25, -0.2) is 0 Å². The molecular formula is C25H29N3O3. The highest BCUT2D eigenvalue weighted by Gasteiger charge is 2.30. The Kier molecular flexibility index (Phi) is 6.65. The van der Waals surface area contributed by atoms with Gasteiger partial charge in [0.2, 0.25) is 5.91 Å². The van der Waals surface area contributed by atoms with Crippen LogP contribution in [0.25, 0.3) is 0 Å². The Morgan fingerprint density at radius 3 is 2.35 bits per heavy atom. The van der Waals surface area contributed by atoms with Crippen LogP contribution in [0.15, 0.2) is 54.6 Å². The Labute approximate surface area is 183 Å². The molecule has 3 amide bonds. The van der Waals surface area contributed by atoms with Gasteiger partial charge in [-0.05, 0) is 56.0 Å². The van der Waals surface area contributed by atoms with Crippen LogP contribution in [-0.4, -0.2) is 41.8 Å². The molecule has 1 atom stereocenters. The number of rotatable bonds is 5. The predicted molar refractivity (Wildman–Crippen MR) is 120 cm³/mol. The summed E-state index contributed by atoms with van der Waals surface area (Å²) < 4.78 is 0. The van der Waals surface area contributed by atoms with Gasteiger partial charge in [0, 0.05) is 35.9 Å². The van der Waals surface area contributed by atoms with Gasteiger partial charge in [0.1, 0.15) is 0 Å². The van der Waals surface area contributed by atoms with Gasteiger partial charge in [0.25, 0.3) is 11.8 Å². The summed E-state index contributed by atoms with van der Waals surface area (Å²) in [5.74, 6) is -0.395. The first kappa shape index (κ1) is 21.1. The third kappa shape index (κ3) is 5.32. The maximum atomic E-state index is 13.1. The summed E-state index contributed by atoms with van der Waals surface area (Å²) in [6.45, 7) is 1.09. The zero-order valence-electron chi connectivity index (χ0n) is 17.7. The largest absolute Gasteiger partial charge is 0.353 e. The van der Waals surface area contributed by atoms with Crippen molar-refractivity contribution in [2.24, 2.45) is 5.92 Å². The number of hydrogen-bond donors (Lipinski definition) is 2. The fourth-order valence-electron chi connectivity index (χ4n) is 4.47. The van der Waals surface area contributed by atoms with Crippen molar-refractivity contribution < 1.29 is 14.4 Å². The maximum absolute atomic E-state index is 13.1. The van der Waals surface area contributed by atoms with Gasteiger partial charge in [0.05, 0.1) is 5.92 Å². The van der Waals surface area contributed by atoms with Crippen LogP contribution in [0.2, 0.25) is 0 Å². The van der Waals surface area contributed by atoms with E-state index in [4.69, 9.17) is 0 Å². The van der Waals surface area contributed by atoms with Crippen molar-refractivity contribution in [3.05, 3.63) is 65.7 Å². The molecule has 6 nitrogen and oxygen atoms in total. The lowest BCUT2D eigenvalue weighted by atomic mass is 9.96. The molecule has 0 radical (unpaired) electrons. The minimum absolute atomic E-state index is 0.0771. The van der Waals surface area contributed by atoms with Crippen molar-refractivity contribution >= 4 is 23.4 Å². The molecular weight excluding hydrogens is 390 g/mol. The molecule has 1 aliphatic carbocycles. The Hall–Kier alpha value is -3.15. The molecule has 1 heterocycles. The quantitative estimate of drug-likeness (QED) is 0.773. The number of carbonyl (C=O) groups excluding carboxylic acids is 3. The molecule has 1 saturated carbocycles. The highest BCUT2D eigenvalue weighted by molar-refractivity contribution is 6.05. The number of likely N-dealkylation sites (tertiary alicyclic amines) is 1. The van der Waals surface area contributed by atoms with Crippen molar-refractivity contribution in [3.63, 3.8) is 0 Å². The van der Waals surface area contributed by atoms with Crippen LogP contribution in [0.5, 0.6) is 0 Å². The van der Waals surface area contributed by atoms with E-state index in [0.717, 1.165) is 25.7 Å². The topological polar surface area (TPSA) is 78.5 Å². The summed E-state index contributed by atoms with van der Waals surface area (Å²) in [7, 11) is 0. The first-order valence-electron chi connectivity index (χ1n) is 11.2. The second kappa shape index (κ2) is 9.77. The fraction of sp³-hybridized carbons (Fsp3) is 0.400. The molecule has 2 aromatic carbocycles. The molecule has 6 heteroatoms. The molecule has 2 aliphatic rings. The van der Waals surface area contributed by atoms with Gasteiger partial charge in [-0.1, -0.05) is 37.1 Å². The number of nitrogens with zero attached hydrogens (tertiary/aromatic N) is 1. The van der Waals surface area contributed by atoms with Crippen LogP contribution in [0.3, 0.4) is 0 Å². The molecule has 0 spiro atoms. The van der Waals surface area contributed by atoms with E-state index >= 15 is 0 Å². The molecule has 162 valence electrons. The van der Waals surface area contributed by atoms with E-state index in [1.54, 1.807) is 41.3 Å². The molecule has 0 aromatic heterocycles. The number of hydrogen-bond acceptors (Lipinski definition) is 3. The van der Waals surface area contributed by atoms with Crippen molar-refractivity contribution in [3.8, 4) is 0 Å². The number of piperidine rings is 1. The lowest BCUT2D eigenvalue weighted by Crippen LogP contribution is -2.47. The van der Waals surface area contributed by atoms with E-state index in [0.29, 0.717) is 35.9 Å². The Morgan fingerprint density at radius 2 is 1.58 bits per heavy atom. The van der Waals surface area contributed by atoms with Crippen molar-refractivity contribution in [1.82, 2.24) is 10.2 Å². The maximum Gasteiger partial charge on any atom is 0.255 e. The van der Waals surface area contributed by atoms with Gasteiger partial charge < -0.3 is 15.5 Å². The average Bonchev–Trinajstić information content (AvgIpc) is 3.32. The van der Waals surface area contributed by atoms with Crippen LogP contribution in [0, 0.1) is 5.92 Å². The highest BCUT2D eigenvalue weighted by atomic mass is 16.2. The third-order valence-corrected chi connectivity index (χ3v) is 6.18. The summed E-state index contributed by atoms with van der Waals surface area (Å²) in [4.78, 5) is 39.9. The lowest BCUT2D eigenvalue weighted by Gasteiger charge is -2.32. The van der Waals surface area contributed by atoms with Crippen molar-refractivity contribution in [2.45, 2.75) is 44.6 Å². The van der Waals surface area contributed by atoms with Gasteiger partial charge in [0.15, 0.2) is 0 Å². The van der Waals surface area contributed by atoms with Crippen molar-refractivity contribution in [2.75, 3.05) is 18.4 Å². The Morgan fingerprint density at radius 1 is 0.839 bits per heavy atom. The summed E-state index contributed by atoms with van der Waals surface area (Å²) in [6.07, 6.45) is 6.11. The van der Waals surface area contributed by atoms with E-state index in [2.05, 4.69) is 10.6 Å². The number of amides is 3. The zero-order valence-corrected chi connectivity index (χ0v) is 17.7. The molecule has 0 bridgehead atoms. The number of anilines is 1. The van der Waals surface area contributed by atoms with Crippen LogP contribution < -0.4 is 10.6 Å². The smallest absolute Gasteiger partial charge is 0.255 e. The van der Waals surface area contributed by atoms with Crippen LogP contribution in [-0.2, 0) is 4.79 Å². The molecule has 31 heavy (non-hydrogen) atoms. The minimum atomic E-state index is -0.216. The van der Waals surface area contributed by atoms with Crippen molar-refractivity contribution in [1.29, 1.82) is 0 Å². The molecule has 2 aromatic rings. The zero-order chi connectivity index (χ0) is 21.6. The molecule has 2 N–H and O–H groups in total. The van der Waals surface area contributed by atoms with Gasteiger partial charge in [-0.2, -0.15) is 0 Å². The summed E-state index contributed by atoms with van der Waals surface area (Å²) in [5, 5.41) is 6.02. The molecule has 1 unspecified atom stereocenters. The standard InChI is InChI=1S/C25H29N3O3/c29-23(18-8-2-1-3-9-18)27-22-14-6-10-19(16-22)25(31)28-15-7-11-20(17-28)24(30)26-21-12-4-5-13-21/h1-3,6,8-10,14,16,20-21H,4-5,7,11-13,15,17H2,(H,26,30)(H,27,29). The number of carbonyl (C=O) groups is 3. The minimum Gasteiger partial charge on any atom is -0.353 e. The second-order valence-electron chi connectivity index (χ2n) is 8.48. The average molecular weight is 420 g/mol. The monoisotopic (exact) mass is 419 g/mol. The van der Waals surface area contributed by atoms with E-state index in [1.165, 1.54) is 12.8 Å². The first-order chi connectivity index (χ1) is 15.1. The van der Waals surface area contributed by atoms with E-state index in [-0.39, 0.29) is 23.6 Å². The fourth-order valence-corrected chi connectivity index (χ4v) is 4.47. The molecule has 2 fully saturated rings. The van der Waals surface area contributed by atoms with Crippen LogP contribution >= 0.6 is 0 Å². The van der Waals surface area contributed by atoms with E-state index in [9.17, 15) is 14.4 Å². The summed E-state index contributed by atoms with van der Waals surface area (Å²) in [6, 6.07) is 16.2. The first-order valence-corrected chi connectivity index (χ1v) is 11.2. The Bertz CT molecular complexity index is 938. The third-order valence-electron chi connectivity index (χ3n) is 6.18. The van der Waals surface area contributed by atoms with Gasteiger partial charge in [-0.15, -0.1) is 0 Å². The van der Waals surface area contributed by atoms with E-state index < -0.39 is 0 Å². The number of nitrogens with one attached hydrogen (secondary N) is 2. The molecule has 4 rings (SSSR count). The molecule has 1 saturated heterocycles. The number of benzene rings is 2. The SMILES string of the molecule is O=C(Nc1cccc(C(=O)N2CCCC(C(=O)NC3CCCC3)C2)c1)c1ccccc1. The summed E-state index contributed by atoms with van der Waals surface area (Å²) >= 11 is 0. The van der Waals surface area contributed by atoms with E-state index in [1.807, 2.05) is 18.2 Å². The van der Waals surface area contributed by atoms with Crippen LogP contribution in [0.4, 0.5) is 5.69 Å². The highest BCUT2D eigenvalue weighted by Crippen LogP contribution is 2.23. The van der Waals surface area contributed by atoms with Gasteiger partial charge >= 0.3 is 0 Å². The Balaban J connectivity index is 1.38. The van der Waals surface area contributed by atoms with Gasteiger partial charge in [-0.3, -0.25) is 14.4 Å². The predicted octanol–water partition coefficient (Wildman–Crippen LogP) is 3.85. The molecule has 1 aliphatic heterocycles. The summed E-state index contributed by atoms with van der Waals surface area (Å²) in [5.41, 5.74) is 1.65. The normalized spacial score (nSPS) is 19.1. The second-order valence-corrected chi connectivity index (χ2v) is 8.48. The van der Waals surface area contributed by atoms with Crippen LogP contribution in [0.1, 0.15) is 59.2 Å².